The fraction of sp³-hybridized carbons (Fsp3) is 0.433. The number of nitriles is 1. The van der Waals surface area contributed by atoms with Crippen molar-refractivity contribution in [3.05, 3.63) is 40.4 Å². The molecule has 2 N–H and O–H groups in total. The Morgan fingerprint density at radius 1 is 1.26 bits per heavy atom. The molecule has 7 nitrogen and oxygen atoms in total. The van der Waals surface area contributed by atoms with E-state index in [0.717, 1.165) is 50.1 Å². The molecule has 0 radical (unpaired) electrons. The second kappa shape index (κ2) is 10.1. The first-order valence-electron chi connectivity index (χ1n) is 14.1. The van der Waals surface area contributed by atoms with E-state index < -0.39 is 23.3 Å². The number of halogens is 4. The van der Waals surface area contributed by atoms with E-state index in [1.165, 1.54) is 12.1 Å². The molecule has 2 aromatic carbocycles. The Labute approximate surface area is 249 Å². The van der Waals surface area contributed by atoms with Crippen LogP contribution in [0.3, 0.4) is 0 Å². The Kier molecular flexibility index (Phi) is 6.64. The predicted molar refractivity (Wildman–Crippen MR) is 159 cm³/mol. The Morgan fingerprint density at radius 2 is 2.10 bits per heavy atom. The van der Waals surface area contributed by atoms with Gasteiger partial charge in [0.15, 0.2) is 5.82 Å². The summed E-state index contributed by atoms with van der Waals surface area (Å²) >= 11 is 7.70. The number of nitrogens with zero attached hydrogens (tertiary/aromatic N) is 5. The fourth-order valence-electron chi connectivity index (χ4n) is 7.09. The number of rotatable bonds is 5. The summed E-state index contributed by atoms with van der Waals surface area (Å²) in [7, 11) is 0. The minimum atomic E-state index is -0.911. The summed E-state index contributed by atoms with van der Waals surface area (Å²) in [6.07, 6.45) is 3.16. The highest BCUT2D eigenvalue weighted by Gasteiger charge is 2.49. The Bertz CT molecular complexity index is 1790. The summed E-state index contributed by atoms with van der Waals surface area (Å²) in [5.74, 6) is -0.773. The lowest BCUT2D eigenvalue weighted by Crippen LogP contribution is -2.43. The van der Waals surface area contributed by atoms with Crippen LogP contribution >= 0.6 is 22.9 Å². The van der Waals surface area contributed by atoms with E-state index >= 15 is 4.39 Å². The average molecular weight is 613 g/mol. The van der Waals surface area contributed by atoms with Crippen molar-refractivity contribution in [2.75, 3.05) is 36.9 Å². The van der Waals surface area contributed by atoms with Crippen molar-refractivity contribution in [2.45, 2.75) is 56.8 Å². The number of aromatic nitrogens is 2. The van der Waals surface area contributed by atoms with Crippen molar-refractivity contribution in [1.82, 2.24) is 14.9 Å². The maximum Gasteiger partial charge on any atom is 0.319 e. The van der Waals surface area contributed by atoms with Crippen LogP contribution < -0.4 is 15.4 Å². The second-order valence-electron chi connectivity index (χ2n) is 11.6. The van der Waals surface area contributed by atoms with E-state index in [1.807, 2.05) is 6.07 Å². The smallest absolute Gasteiger partial charge is 0.319 e. The molecule has 0 unspecified atom stereocenters. The highest BCUT2D eigenvalue weighted by atomic mass is 35.5. The molecule has 4 aromatic rings. The largest absolute Gasteiger partial charge is 0.461 e. The van der Waals surface area contributed by atoms with Crippen molar-refractivity contribution < 1.29 is 17.9 Å². The summed E-state index contributed by atoms with van der Waals surface area (Å²) < 4.78 is 52.2. The SMILES string of the molecule is C[C@@H]1CCCN1c1nc(OC[C@@]23CCCN2C[C@H](F)C3)nc2c(F)c(-c3ccc(F)c4sc(N)c(C#N)c34)c(Cl)cc12. The normalized spacial score (nSPS) is 24.1. The van der Waals surface area contributed by atoms with Gasteiger partial charge >= 0.3 is 6.01 Å². The van der Waals surface area contributed by atoms with E-state index in [4.69, 9.17) is 27.1 Å². The average Bonchev–Trinajstić information content (AvgIpc) is 3.71. The number of anilines is 2. The molecule has 3 atom stereocenters. The number of hydrogen-bond acceptors (Lipinski definition) is 8. The van der Waals surface area contributed by atoms with Crippen LogP contribution in [0, 0.1) is 23.0 Å². The molecule has 7 rings (SSSR count). The van der Waals surface area contributed by atoms with Crippen molar-refractivity contribution in [2.24, 2.45) is 0 Å². The van der Waals surface area contributed by atoms with Gasteiger partial charge in [-0.25, -0.2) is 13.2 Å². The van der Waals surface area contributed by atoms with Crippen LogP contribution in [-0.2, 0) is 0 Å². The van der Waals surface area contributed by atoms with Gasteiger partial charge < -0.3 is 15.4 Å². The van der Waals surface area contributed by atoms with Gasteiger partial charge in [-0.1, -0.05) is 17.7 Å². The zero-order valence-corrected chi connectivity index (χ0v) is 24.5. The maximum atomic E-state index is 16.7. The third-order valence-corrected chi connectivity index (χ3v) is 10.4. The lowest BCUT2D eigenvalue weighted by Gasteiger charge is -2.31. The van der Waals surface area contributed by atoms with Crippen LogP contribution in [0.25, 0.3) is 32.1 Å². The zero-order chi connectivity index (χ0) is 29.3. The number of benzene rings is 2. The predicted octanol–water partition coefficient (Wildman–Crippen LogP) is 6.84. The zero-order valence-electron chi connectivity index (χ0n) is 22.9. The first-order chi connectivity index (χ1) is 20.2. The van der Waals surface area contributed by atoms with Gasteiger partial charge in [-0.05, 0) is 56.8 Å². The van der Waals surface area contributed by atoms with Crippen LogP contribution in [-0.4, -0.2) is 58.9 Å². The van der Waals surface area contributed by atoms with Gasteiger partial charge in [0.2, 0.25) is 0 Å². The van der Waals surface area contributed by atoms with Crippen molar-refractivity contribution >= 4 is 54.7 Å². The standard InChI is InChI=1S/C30H28ClF3N6OS/c1-15-4-2-9-40(15)28-18-10-20(31)23(17-5-6-21(33)26-22(17)19(12-35)27(36)42-26)24(34)25(18)37-29(38-28)41-14-30-7-3-8-39(30)13-16(32)11-30/h5-6,10,15-16H,2-4,7-9,11,13-14,36H2,1H3/t15-,16-,30+/m1/s1. The fourth-order valence-corrected chi connectivity index (χ4v) is 8.34. The third kappa shape index (κ3) is 4.18. The van der Waals surface area contributed by atoms with Gasteiger partial charge in [-0.15, -0.1) is 11.3 Å². The highest BCUT2D eigenvalue weighted by Crippen LogP contribution is 2.46. The molecule has 0 bridgehead atoms. The van der Waals surface area contributed by atoms with Crippen LogP contribution in [0.15, 0.2) is 18.2 Å². The monoisotopic (exact) mass is 612 g/mol. The minimum absolute atomic E-state index is 0.00301. The molecule has 0 spiro atoms. The van der Waals surface area contributed by atoms with Gasteiger partial charge in [0.25, 0.3) is 0 Å². The molecule has 0 aliphatic carbocycles. The molecule has 218 valence electrons. The van der Waals surface area contributed by atoms with Gasteiger partial charge in [-0.3, -0.25) is 4.90 Å². The molecule has 3 fully saturated rings. The Hall–Kier alpha value is -3.33. The Morgan fingerprint density at radius 3 is 2.86 bits per heavy atom. The molecule has 0 saturated carbocycles. The van der Waals surface area contributed by atoms with Crippen molar-refractivity contribution in [3.8, 4) is 23.2 Å². The molecule has 3 aliphatic heterocycles. The van der Waals surface area contributed by atoms with Crippen LogP contribution in [0.5, 0.6) is 6.01 Å². The summed E-state index contributed by atoms with van der Waals surface area (Å²) in [5, 5.41) is 10.6. The number of nitrogen functional groups attached to an aromatic ring is 1. The minimum Gasteiger partial charge on any atom is -0.461 e. The molecule has 42 heavy (non-hydrogen) atoms. The summed E-state index contributed by atoms with van der Waals surface area (Å²) in [6.45, 7) is 4.22. The van der Waals surface area contributed by atoms with Gasteiger partial charge in [-0.2, -0.15) is 15.2 Å². The Balaban J connectivity index is 1.40. The molecule has 2 aromatic heterocycles. The molecule has 12 heteroatoms. The number of thiophene rings is 1. The van der Waals surface area contributed by atoms with E-state index in [-0.39, 0.29) is 61.0 Å². The van der Waals surface area contributed by atoms with Crippen LogP contribution in [0.4, 0.5) is 24.0 Å². The van der Waals surface area contributed by atoms with Crippen LogP contribution in [0.1, 0.15) is 44.6 Å². The number of nitrogens with two attached hydrogens (primary N) is 1. The lowest BCUT2D eigenvalue weighted by atomic mass is 9.95. The topological polar surface area (TPSA) is 91.3 Å². The van der Waals surface area contributed by atoms with Crippen LogP contribution in [0.2, 0.25) is 5.02 Å². The van der Waals surface area contributed by atoms with E-state index in [1.54, 1.807) is 6.07 Å². The molecule has 5 heterocycles. The molecular formula is C30H28ClF3N6OS. The first-order valence-corrected chi connectivity index (χ1v) is 15.3. The number of ether oxygens (including phenoxy) is 1. The number of hydrogen-bond donors (Lipinski definition) is 1. The first kappa shape index (κ1) is 27.5. The lowest BCUT2D eigenvalue weighted by molar-refractivity contribution is 0.107. The molecule has 3 saturated heterocycles. The van der Waals surface area contributed by atoms with Crippen molar-refractivity contribution in [3.63, 3.8) is 0 Å². The van der Waals surface area contributed by atoms with E-state index in [0.29, 0.717) is 24.2 Å². The molecule has 3 aliphatic rings. The van der Waals surface area contributed by atoms with E-state index in [2.05, 4.69) is 21.7 Å². The molecule has 0 amide bonds. The van der Waals surface area contributed by atoms with Crippen molar-refractivity contribution in [1.29, 1.82) is 5.26 Å². The summed E-state index contributed by atoms with van der Waals surface area (Å²) in [4.78, 5) is 13.5. The molecular weight excluding hydrogens is 585 g/mol. The summed E-state index contributed by atoms with van der Waals surface area (Å²) in [5.41, 5.74) is 5.92. The summed E-state index contributed by atoms with van der Waals surface area (Å²) in [6, 6.07) is 6.44. The number of fused-ring (bicyclic) bond motifs is 3. The third-order valence-electron chi connectivity index (χ3n) is 9.10. The van der Waals surface area contributed by atoms with Gasteiger partial charge in [0.05, 0.1) is 20.8 Å². The van der Waals surface area contributed by atoms with E-state index in [9.17, 15) is 14.0 Å². The van der Waals surface area contributed by atoms with Gasteiger partial charge in [0, 0.05) is 41.9 Å². The highest BCUT2D eigenvalue weighted by molar-refractivity contribution is 7.23. The second-order valence-corrected chi connectivity index (χ2v) is 13.0. The number of alkyl halides is 1. The van der Waals surface area contributed by atoms with Gasteiger partial charge in [0.1, 0.15) is 41.0 Å². The quantitative estimate of drug-likeness (QED) is 0.264. The maximum absolute atomic E-state index is 16.7.